The van der Waals surface area contributed by atoms with E-state index in [-0.39, 0.29) is 11.8 Å². The van der Waals surface area contributed by atoms with Crippen molar-refractivity contribution in [3.8, 4) is 5.75 Å². The van der Waals surface area contributed by atoms with E-state index >= 15 is 0 Å². The van der Waals surface area contributed by atoms with E-state index in [2.05, 4.69) is 4.98 Å². The molecule has 0 unspecified atom stereocenters. The minimum Gasteiger partial charge on any atom is -0.497 e. The molecular formula is C18H21N3O3. The topological polar surface area (TPSA) is 65.6 Å². The van der Waals surface area contributed by atoms with Crippen molar-refractivity contribution < 1.29 is 14.3 Å². The minimum absolute atomic E-state index is 0.0179. The third kappa shape index (κ3) is 3.42. The lowest BCUT2D eigenvalue weighted by molar-refractivity contribution is 0.0716. The highest BCUT2D eigenvalue weighted by Gasteiger charge is 2.24. The Bertz CT molecular complexity index is 712. The molecule has 2 aromatic rings. The maximum absolute atomic E-state index is 12.7. The lowest BCUT2D eigenvalue weighted by Gasteiger charge is -2.22. The number of aromatic amines is 1. The zero-order valence-corrected chi connectivity index (χ0v) is 13.7. The number of nitrogens with zero attached hydrogens (tertiary/aromatic N) is 2. The molecule has 0 atom stereocenters. The fraction of sp³-hybridized carbons (Fsp3) is 0.333. The monoisotopic (exact) mass is 327 g/mol. The van der Waals surface area contributed by atoms with Gasteiger partial charge in [0, 0.05) is 37.9 Å². The van der Waals surface area contributed by atoms with Crippen molar-refractivity contribution in [2.24, 2.45) is 0 Å². The largest absolute Gasteiger partial charge is 0.497 e. The lowest BCUT2D eigenvalue weighted by Crippen LogP contribution is -2.37. The molecule has 0 bridgehead atoms. The molecule has 6 heteroatoms. The molecule has 126 valence electrons. The molecule has 6 nitrogen and oxygen atoms in total. The van der Waals surface area contributed by atoms with Crippen LogP contribution in [0, 0.1) is 0 Å². The average Bonchev–Trinajstić information content (AvgIpc) is 3.05. The molecule has 1 N–H and O–H groups in total. The summed E-state index contributed by atoms with van der Waals surface area (Å²) in [5, 5.41) is 0. The minimum atomic E-state index is -0.0249. The number of carbonyl (C=O) groups excluding carboxylic acids is 2. The van der Waals surface area contributed by atoms with E-state index in [1.165, 1.54) is 0 Å². The van der Waals surface area contributed by atoms with Crippen LogP contribution in [-0.4, -0.2) is 59.9 Å². The highest BCUT2D eigenvalue weighted by molar-refractivity contribution is 5.95. The van der Waals surface area contributed by atoms with E-state index in [1.54, 1.807) is 41.3 Å². The molecule has 1 fully saturated rings. The Morgan fingerprint density at radius 1 is 1.00 bits per heavy atom. The van der Waals surface area contributed by atoms with Crippen LogP contribution in [0.4, 0.5) is 0 Å². The number of methoxy groups -OCH3 is 1. The van der Waals surface area contributed by atoms with Gasteiger partial charge in [0.1, 0.15) is 11.4 Å². The molecule has 1 aliphatic heterocycles. The predicted molar refractivity (Wildman–Crippen MR) is 90.2 cm³/mol. The fourth-order valence-corrected chi connectivity index (χ4v) is 2.90. The summed E-state index contributed by atoms with van der Waals surface area (Å²) in [6.45, 7) is 2.36. The molecule has 0 radical (unpaired) electrons. The second-order valence-electron chi connectivity index (χ2n) is 5.75. The molecule has 2 heterocycles. The summed E-state index contributed by atoms with van der Waals surface area (Å²) in [6, 6.07) is 10.7. The normalized spacial score (nSPS) is 15.0. The molecule has 0 saturated carbocycles. The van der Waals surface area contributed by atoms with Crippen molar-refractivity contribution in [3.63, 3.8) is 0 Å². The summed E-state index contributed by atoms with van der Waals surface area (Å²) >= 11 is 0. The first kappa shape index (κ1) is 16.1. The van der Waals surface area contributed by atoms with Crippen LogP contribution in [0.15, 0.2) is 42.6 Å². The summed E-state index contributed by atoms with van der Waals surface area (Å²) in [7, 11) is 1.58. The summed E-state index contributed by atoms with van der Waals surface area (Å²) in [5.41, 5.74) is 1.20. The Balaban J connectivity index is 1.66. The molecule has 1 aliphatic rings. The number of benzene rings is 1. The van der Waals surface area contributed by atoms with E-state index in [1.807, 2.05) is 18.2 Å². The number of nitrogens with one attached hydrogen (secondary N) is 1. The number of H-pyrrole nitrogens is 1. The first-order chi connectivity index (χ1) is 11.7. The predicted octanol–water partition coefficient (Wildman–Crippen LogP) is 2.01. The van der Waals surface area contributed by atoms with Gasteiger partial charge in [0.2, 0.25) is 0 Å². The highest BCUT2D eigenvalue weighted by atomic mass is 16.5. The molecule has 1 aromatic heterocycles. The third-order valence-corrected chi connectivity index (χ3v) is 4.22. The highest BCUT2D eigenvalue weighted by Crippen LogP contribution is 2.16. The van der Waals surface area contributed by atoms with Gasteiger partial charge in [0.15, 0.2) is 0 Å². The van der Waals surface area contributed by atoms with Crippen molar-refractivity contribution in [2.45, 2.75) is 6.42 Å². The van der Waals surface area contributed by atoms with Gasteiger partial charge in [-0.1, -0.05) is 6.07 Å². The zero-order chi connectivity index (χ0) is 16.9. The Morgan fingerprint density at radius 2 is 1.75 bits per heavy atom. The van der Waals surface area contributed by atoms with Gasteiger partial charge in [-0.05, 0) is 36.8 Å². The summed E-state index contributed by atoms with van der Waals surface area (Å²) in [6.07, 6.45) is 2.51. The molecule has 2 amide bonds. The average molecular weight is 327 g/mol. The summed E-state index contributed by atoms with van der Waals surface area (Å²) in [4.78, 5) is 31.6. The third-order valence-electron chi connectivity index (χ3n) is 4.22. The van der Waals surface area contributed by atoms with Crippen LogP contribution in [0.5, 0.6) is 5.75 Å². The number of amides is 2. The van der Waals surface area contributed by atoms with Crippen LogP contribution in [0.3, 0.4) is 0 Å². The van der Waals surface area contributed by atoms with E-state index in [9.17, 15) is 9.59 Å². The quantitative estimate of drug-likeness (QED) is 0.938. The van der Waals surface area contributed by atoms with Crippen LogP contribution in [-0.2, 0) is 0 Å². The van der Waals surface area contributed by atoms with Crippen LogP contribution < -0.4 is 4.74 Å². The zero-order valence-electron chi connectivity index (χ0n) is 13.7. The van der Waals surface area contributed by atoms with Gasteiger partial charge in [-0.2, -0.15) is 0 Å². The molecule has 1 aromatic carbocycles. The van der Waals surface area contributed by atoms with Gasteiger partial charge in [-0.3, -0.25) is 9.59 Å². The van der Waals surface area contributed by atoms with Crippen molar-refractivity contribution in [1.29, 1.82) is 0 Å². The number of hydrogen-bond donors (Lipinski definition) is 1. The van der Waals surface area contributed by atoms with E-state index in [4.69, 9.17) is 4.74 Å². The number of carbonyl (C=O) groups is 2. The Kier molecular flexibility index (Phi) is 4.84. The van der Waals surface area contributed by atoms with Gasteiger partial charge in [-0.15, -0.1) is 0 Å². The summed E-state index contributed by atoms with van der Waals surface area (Å²) < 4.78 is 5.18. The van der Waals surface area contributed by atoms with Crippen LogP contribution in [0.2, 0.25) is 0 Å². The Labute approximate surface area is 141 Å². The van der Waals surface area contributed by atoms with Crippen LogP contribution in [0.1, 0.15) is 27.3 Å². The van der Waals surface area contributed by atoms with Gasteiger partial charge in [-0.25, -0.2) is 0 Å². The molecule has 0 aliphatic carbocycles. The lowest BCUT2D eigenvalue weighted by atomic mass is 10.2. The van der Waals surface area contributed by atoms with E-state index < -0.39 is 0 Å². The van der Waals surface area contributed by atoms with Crippen molar-refractivity contribution >= 4 is 11.8 Å². The van der Waals surface area contributed by atoms with Crippen molar-refractivity contribution in [3.05, 3.63) is 53.9 Å². The number of hydrogen-bond acceptors (Lipinski definition) is 3. The molecule has 3 rings (SSSR count). The molecule has 24 heavy (non-hydrogen) atoms. The van der Waals surface area contributed by atoms with E-state index in [0.29, 0.717) is 43.2 Å². The van der Waals surface area contributed by atoms with Gasteiger partial charge in [0.05, 0.1) is 7.11 Å². The molecule has 0 spiro atoms. The number of ether oxygens (including phenoxy) is 1. The number of rotatable bonds is 3. The van der Waals surface area contributed by atoms with E-state index in [0.717, 1.165) is 6.42 Å². The number of aromatic nitrogens is 1. The molecule has 1 saturated heterocycles. The van der Waals surface area contributed by atoms with Gasteiger partial charge < -0.3 is 19.5 Å². The SMILES string of the molecule is COc1cccc(C(=O)N2CCCN(C(=O)c3ccc[nH]3)CC2)c1. The first-order valence-electron chi connectivity index (χ1n) is 8.05. The Hall–Kier alpha value is -2.76. The van der Waals surface area contributed by atoms with Crippen LogP contribution >= 0.6 is 0 Å². The fourth-order valence-electron chi connectivity index (χ4n) is 2.90. The first-order valence-corrected chi connectivity index (χ1v) is 8.05. The maximum atomic E-state index is 12.7. The Morgan fingerprint density at radius 3 is 2.42 bits per heavy atom. The summed E-state index contributed by atoms with van der Waals surface area (Å²) in [5.74, 6) is 0.623. The van der Waals surface area contributed by atoms with Crippen LogP contribution in [0.25, 0.3) is 0 Å². The van der Waals surface area contributed by atoms with Gasteiger partial charge >= 0.3 is 0 Å². The maximum Gasteiger partial charge on any atom is 0.270 e. The smallest absolute Gasteiger partial charge is 0.270 e. The van der Waals surface area contributed by atoms with Gasteiger partial charge in [0.25, 0.3) is 11.8 Å². The van der Waals surface area contributed by atoms with Crippen molar-refractivity contribution in [1.82, 2.24) is 14.8 Å². The van der Waals surface area contributed by atoms with Crippen molar-refractivity contribution in [2.75, 3.05) is 33.3 Å². The second-order valence-corrected chi connectivity index (χ2v) is 5.75. The molecular weight excluding hydrogens is 306 g/mol. The second kappa shape index (κ2) is 7.21. The standard InChI is InChI=1S/C18H21N3O3/c1-24-15-6-2-5-14(13-15)17(22)20-9-4-10-21(12-11-20)18(23)16-7-3-8-19-16/h2-3,5-8,13,19H,4,9-12H2,1H3.